The standard InChI is InChI=1S/C12H25N3O2/c1-4-16-8-6-14-12(13-2)15(3)9-11-5-7-17-10-11/h11H,4-10H2,1-3H3,(H,13,14). The van der Waals surface area contributed by atoms with Crippen LogP contribution < -0.4 is 5.32 Å². The molecule has 1 unspecified atom stereocenters. The highest BCUT2D eigenvalue weighted by atomic mass is 16.5. The third-order valence-corrected chi connectivity index (χ3v) is 2.86. The highest BCUT2D eigenvalue weighted by Crippen LogP contribution is 2.13. The molecule has 17 heavy (non-hydrogen) atoms. The summed E-state index contributed by atoms with van der Waals surface area (Å²) in [5.41, 5.74) is 0. The number of guanidine groups is 1. The van der Waals surface area contributed by atoms with Crippen LogP contribution in [0.2, 0.25) is 0 Å². The fourth-order valence-corrected chi connectivity index (χ4v) is 1.97. The van der Waals surface area contributed by atoms with Crippen molar-refractivity contribution in [3.05, 3.63) is 0 Å². The molecular formula is C12H25N3O2. The molecule has 1 rings (SSSR count). The number of rotatable bonds is 6. The second kappa shape index (κ2) is 8.31. The van der Waals surface area contributed by atoms with E-state index in [2.05, 4.69) is 22.3 Å². The van der Waals surface area contributed by atoms with E-state index < -0.39 is 0 Å². The van der Waals surface area contributed by atoms with Crippen molar-refractivity contribution in [3.63, 3.8) is 0 Å². The zero-order valence-corrected chi connectivity index (χ0v) is 11.2. The molecule has 0 radical (unpaired) electrons. The van der Waals surface area contributed by atoms with Gasteiger partial charge >= 0.3 is 0 Å². The topological polar surface area (TPSA) is 46.1 Å². The molecule has 0 saturated carbocycles. The summed E-state index contributed by atoms with van der Waals surface area (Å²) >= 11 is 0. The van der Waals surface area contributed by atoms with Crippen LogP contribution in [0.15, 0.2) is 4.99 Å². The van der Waals surface area contributed by atoms with Crippen LogP contribution in [0.1, 0.15) is 13.3 Å². The maximum absolute atomic E-state index is 5.38. The van der Waals surface area contributed by atoms with Gasteiger partial charge in [-0.05, 0) is 13.3 Å². The minimum Gasteiger partial charge on any atom is -0.381 e. The van der Waals surface area contributed by atoms with Gasteiger partial charge < -0.3 is 19.7 Å². The lowest BCUT2D eigenvalue weighted by atomic mass is 10.1. The van der Waals surface area contributed by atoms with Gasteiger partial charge in [0.1, 0.15) is 0 Å². The number of nitrogens with zero attached hydrogens (tertiary/aromatic N) is 2. The van der Waals surface area contributed by atoms with Crippen LogP contribution in [0.3, 0.4) is 0 Å². The van der Waals surface area contributed by atoms with Crippen LogP contribution in [0.4, 0.5) is 0 Å². The monoisotopic (exact) mass is 243 g/mol. The summed E-state index contributed by atoms with van der Waals surface area (Å²) in [7, 11) is 3.87. The van der Waals surface area contributed by atoms with Crippen molar-refractivity contribution in [2.24, 2.45) is 10.9 Å². The van der Waals surface area contributed by atoms with E-state index in [-0.39, 0.29) is 0 Å². The average Bonchev–Trinajstić information content (AvgIpc) is 2.82. The van der Waals surface area contributed by atoms with Crippen molar-refractivity contribution >= 4 is 5.96 Å². The summed E-state index contributed by atoms with van der Waals surface area (Å²) in [5.74, 6) is 1.56. The molecule has 0 amide bonds. The Bertz CT molecular complexity index is 228. The summed E-state index contributed by atoms with van der Waals surface area (Å²) in [5, 5.41) is 3.29. The maximum atomic E-state index is 5.38. The first-order valence-electron chi connectivity index (χ1n) is 6.35. The van der Waals surface area contributed by atoms with Crippen LogP contribution in [0, 0.1) is 5.92 Å². The molecule has 0 aromatic heterocycles. The van der Waals surface area contributed by atoms with Gasteiger partial charge in [0.25, 0.3) is 0 Å². The smallest absolute Gasteiger partial charge is 0.193 e. The van der Waals surface area contributed by atoms with Gasteiger partial charge in [0.15, 0.2) is 5.96 Å². The zero-order valence-electron chi connectivity index (χ0n) is 11.2. The molecule has 5 heteroatoms. The Labute approximate surface area is 104 Å². The van der Waals surface area contributed by atoms with E-state index in [1.807, 2.05) is 14.0 Å². The van der Waals surface area contributed by atoms with Gasteiger partial charge in [-0.1, -0.05) is 0 Å². The quantitative estimate of drug-likeness (QED) is 0.421. The number of ether oxygens (including phenoxy) is 2. The van der Waals surface area contributed by atoms with Crippen LogP contribution in [0.25, 0.3) is 0 Å². The Hall–Kier alpha value is -0.810. The first-order chi connectivity index (χ1) is 8.27. The molecule has 0 aliphatic carbocycles. The second-order valence-electron chi connectivity index (χ2n) is 4.28. The number of aliphatic imine (C=N–C) groups is 1. The lowest BCUT2D eigenvalue weighted by Gasteiger charge is -2.24. The lowest BCUT2D eigenvalue weighted by Crippen LogP contribution is -2.42. The molecule has 0 spiro atoms. The third kappa shape index (κ3) is 5.37. The molecule has 1 N–H and O–H groups in total. The number of hydrogen-bond donors (Lipinski definition) is 1. The molecule has 0 aromatic carbocycles. The number of hydrogen-bond acceptors (Lipinski definition) is 3. The Morgan fingerprint density at radius 1 is 1.59 bits per heavy atom. The number of nitrogens with one attached hydrogen (secondary N) is 1. The van der Waals surface area contributed by atoms with Gasteiger partial charge in [0.2, 0.25) is 0 Å². The SMILES string of the molecule is CCOCCNC(=NC)N(C)CC1CCOC1. The first-order valence-corrected chi connectivity index (χ1v) is 6.35. The molecule has 1 saturated heterocycles. The van der Waals surface area contributed by atoms with Crippen molar-refractivity contribution in [2.45, 2.75) is 13.3 Å². The second-order valence-corrected chi connectivity index (χ2v) is 4.28. The highest BCUT2D eigenvalue weighted by molar-refractivity contribution is 5.79. The van der Waals surface area contributed by atoms with E-state index in [0.717, 1.165) is 51.9 Å². The van der Waals surface area contributed by atoms with E-state index >= 15 is 0 Å². The Morgan fingerprint density at radius 3 is 3.00 bits per heavy atom. The molecule has 100 valence electrons. The van der Waals surface area contributed by atoms with Crippen LogP contribution in [0.5, 0.6) is 0 Å². The van der Waals surface area contributed by atoms with Crippen LogP contribution >= 0.6 is 0 Å². The molecule has 5 nitrogen and oxygen atoms in total. The highest BCUT2D eigenvalue weighted by Gasteiger charge is 2.18. The zero-order chi connectivity index (χ0) is 12.5. The first kappa shape index (κ1) is 14.3. The molecule has 1 heterocycles. The van der Waals surface area contributed by atoms with Crippen molar-refractivity contribution in [1.82, 2.24) is 10.2 Å². The fraction of sp³-hybridized carbons (Fsp3) is 0.917. The average molecular weight is 243 g/mol. The molecule has 1 atom stereocenters. The third-order valence-electron chi connectivity index (χ3n) is 2.86. The minimum absolute atomic E-state index is 0.630. The van der Waals surface area contributed by atoms with Crippen molar-refractivity contribution < 1.29 is 9.47 Å². The molecule has 0 bridgehead atoms. The van der Waals surface area contributed by atoms with Gasteiger partial charge in [-0.3, -0.25) is 4.99 Å². The summed E-state index contributed by atoms with van der Waals surface area (Å²) in [4.78, 5) is 6.42. The Balaban J connectivity index is 2.23. The van der Waals surface area contributed by atoms with E-state index in [1.165, 1.54) is 0 Å². The molecule has 1 aliphatic rings. The summed E-state index contributed by atoms with van der Waals surface area (Å²) in [6, 6.07) is 0. The Kier molecular flexibility index (Phi) is 6.96. The van der Waals surface area contributed by atoms with Gasteiger partial charge in [-0.25, -0.2) is 0 Å². The van der Waals surface area contributed by atoms with E-state index in [4.69, 9.17) is 9.47 Å². The predicted octanol–water partition coefficient (Wildman–Crippen LogP) is 0.567. The normalized spacial score (nSPS) is 20.6. The largest absolute Gasteiger partial charge is 0.381 e. The van der Waals surface area contributed by atoms with Crippen LogP contribution in [-0.2, 0) is 9.47 Å². The van der Waals surface area contributed by atoms with Gasteiger partial charge in [-0.15, -0.1) is 0 Å². The maximum Gasteiger partial charge on any atom is 0.193 e. The summed E-state index contributed by atoms with van der Waals surface area (Å²) < 4.78 is 10.7. The fourth-order valence-electron chi connectivity index (χ4n) is 1.97. The van der Waals surface area contributed by atoms with Crippen LogP contribution in [-0.4, -0.2) is 64.5 Å². The molecule has 0 aromatic rings. The summed E-state index contributed by atoms with van der Waals surface area (Å²) in [6.45, 7) is 7.04. The predicted molar refractivity (Wildman–Crippen MR) is 69.4 cm³/mol. The van der Waals surface area contributed by atoms with E-state index in [0.29, 0.717) is 5.92 Å². The van der Waals surface area contributed by atoms with Gasteiger partial charge in [-0.2, -0.15) is 0 Å². The summed E-state index contributed by atoms with van der Waals surface area (Å²) in [6.07, 6.45) is 1.15. The van der Waals surface area contributed by atoms with Gasteiger partial charge in [0, 0.05) is 46.3 Å². The lowest BCUT2D eigenvalue weighted by molar-refractivity contribution is 0.151. The molecular weight excluding hydrogens is 218 g/mol. The minimum atomic E-state index is 0.630. The molecule has 1 aliphatic heterocycles. The van der Waals surface area contributed by atoms with Gasteiger partial charge in [0.05, 0.1) is 13.2 Å². The van der Waals surface area contributed by atoms with Crippen molar-refractivity contribution in [3.8, 4) is 0 Å². The van der Waals surface area contributed by atoms with E-state index in [9.17, 15) is 0 Å². The van der Waals surface area contributed by atoms with E-state index in [1.54, 1.807) is 0 Å². The van der Waals surface area contributed by atoms with Crippen molar-refractivity contribution in [2.75, 3.05) is 53.6 Å². The van der Waals surface area contributed by atoms with Crippen molar-refractivity contribution in [1.29, 1.82) is 0 Å². The Morgan fingerprint density at radius 2 is 2.41 bits per heavy atom. The molecule has 1 fully saturated rings.